The molecule has 1 fully saturated rings. The van der Waals surface area contributed by atoms with Crippen LogP contribution in [0.2, 0.25) is 0 Å². The van der Waals surface area contributed by atoms with Crippen molar-refractivity contribution in [2.75, 3.05) is 37.7 Å². The number of carbonyl (C=O) groups is 1. The molecular weight excluding hydrogens is 404 g/mol. The standard InChI is InChI=1S/C22H22N2O5S/c25-22(26)16-29-20-7-3-6-19(15-20)23-10-12-24(13-11-23)30(27,28)21-9-8-17-4-1-2-5-18(17)14-21/h1-9,14-15H,10-13,16H2,(H,25,26). The van der Waals surface area contributed by atoms with Gasteiger partial charge in [0.15, 0.2) is 6.61 Å². The molecule has 7 nitrogen and oxygen atoms in total. The summed E-state index contributed by atoms with van der Waals surface area (Å²) in [6.45, 7) is 1.41. The minimum atomic E-state index is -3.57. The third kappa shape index (κ3) is 4.24. The Hall–Kier alpha value is -3.10. The van der Waals surface area contributed by atoms with Gasteiger partial charge in [0.05, 0.1) is 4.90 Å². The number of ether oxygens (including phenoxy) is 1. The lowest BCUT2D eigenvalue weighted by Crippen LogP contribution is -2.48. The second-order valence-electron chi connectivity index (χ2n) is 7.08. The van der Waals surface area contributed by atoms with Gasteiger partial charge in [-0.3, -0.25) is 0 Å². The Bertz CT molecular complexity index is 1170. The fraction of sp³-hybridized carbons (Fsp3) is 0.227. The van der Waals surface area contributed by atoms with Crippen molar-refractivity contribution >= 4 is 32.5 Å². The van der Waals surface area contributed by atoms with Gasteiger partial charge in [-0.2, -0.15) is 4.31 Å². The Balaban J connectivity index is 1.46. The van der Waals surface area contributed by atoms with Gasteiger partial charge in [0, 0.05) is 37.9 Å². The molecule has 0 aromatic heterocycles. The minimum Gasteiger partial charge on any atom is -0.482 e. The van der Waals surface area contributed by atoms with Crippen LogP contribution in [0, 0.1) is 0 Å². The van der Waals surface area contributed by atoms with Crippen LogP contribution in [0.5, 0.6) is 5.75 Å². The van der Waals surface area contributed by atoms with Crippen molar-refractivity contribution < 1.29 is 23.1 Å². The highest BCUT2D eigenvalue weighted by Crippen LogP contribution is 2.26. The monoisotopic (exact) mass is 426 g/mol. The maximum absolute atomic E-state index is 13.1. The lowest BCUT2D eigenvalue weighted by molar-refractivity contribution is -0.139. The molecule has 0 radical (unpaired) electrons. The van der Waals surface area contributed by atoms with Crippen LogP contribution in [0.15, 0.2) is 71.6 Å². The van der Waals surface area contributed by atoms with Crippen LogP contribution in [0.4, 0.5) is 5.69 Å². The first-order valence-electron chi connectivity index (χ1n) is 9.62. The predicted octanol–water partition coefficient (Wildman–Crippen LogP) is 2.81. The Morgan fingerprint density at radius 1 is 0.900 bits per heavy atom. The van der Waals surface area contributed by atoms with Crippen molar-refractivity contribution in [1.29, 1.82) is 0 Å². The van der Waals surface area contributed by atoms with Crippen molar-refractivity contribution in [2.45, 2.75) is 4.90 Å². The van der Waals surface area contributed by atoms with Crippen LogP contribution in [0.3, 0.4) is 0 Å². The fourth-order valence-corrected chi connectivity index (χ4v) is 5.04. The SMILES string of the molecule is O=C(O)COc1cccc(N2CCN(S(=O)(=O)c3ccc4ccccc4c3)CC2)c1. The van der Waals surface area contributed by atoms with E-state index in [1.54, 1.807) is 30.3 Å². The Kier molecular flexibility index (Phi) is 5.61. The summed E-state index contributed by atoms with van der Waals surface area (Å²) in [7, 11) is -3.57. The van der Waals surface area contributed by atoms with Crippen molar-refractivity contribution in [2.24, 2.45) is 0 Å². The molecule has 0 spiro atoms. The number of anilines is 1. The summed E-state index contributed by atoms with van der Waals surface area (Å²) >= 11 is 0. The predicted molar refractivity (Wildman–Crippen MR) is 114 cm³/mol. The van der Waals surface area contributed by atoms with Crippen LogP contribution in [-0.4, -0.2) is 56.6 Å². The molecule has 1 saturated heterocycles. The summed E-state index contributed by atoms with van der Waals surface area (Å²) in [5, 5.41) is 10.7. The molecule has 30 heavy (non-hydrogen) atoms. The zero-order chi connectivity index (χ0) is 21.1. The Morgan fingerprint density at radius 2 is 1.63 bits per heavy atom. The molecule has 0 aliphatic carbocycles. The van der Waals surface area contributed by atoms with E-state index in [2.05, 4.69) is 4.90 Å². The molecular formula is C22H22N2O5S. The number of carboxylic acid groups (broad SMARTS) is 1. The van der Waals surface area contributed by atoms with E-state index in [1.807, 2.05) is 36.4 Å². The Morgan fingerprint density at radius 3 is 2.37 bits per heavy atom. The molecule has 1 aliphatic rings. The second-order valence-corrected chi connectivity index (χ2v) is 9.02. The molecule has 0 saturated carbocycles. The third-order valence-electron chi connectivity index (χ3n) is 5.14. The molecule has 1 heterocycles. The fourth-order valence-electron chi connectivity index (χ4n) is 3.58. The average molecular weight is 426 g/mol. The van der Waals surface area contributed by atoms with Gasteiger partial charge >= 0.3 is 5.97 Å². The van der Waals surface area contributed by atoms with E-state index in [0.29, 0.717) is 36.8 Å². The quantitative estimate of drug-likeness (QED) is 0.652. The molecule has 0 unspecified atom stereocenters. The molecule has 1 N–H and O–H groups in total. The number of hydrogen-bond acceptors (Lipinski definition) is 5. The van der Waals surface area contributed by atoms with E-state index < -0.39 is 22.6 Å². The van der Waals surface area contributed by atoms with Crippen LogP contribution in [0.1, 0.15) is 0 Å². The summed E-state index contributed by atoms with van der Waals surface area (Å²) in [5.41, 5.74) is 0.876. The normalized spacial score (nSPS) is 15.3. The zero-order valence-corrected chi connectivity index (χ0v) is 17.1. The van der Waals surface area contributed by atoms with Gasteiger partial charge in [-0.15, -0.1) is 0 Å². The molecule has 156 valence electrons. The van der Waals surface area contributed by atoms with E-state index in [0.717, 1.165) is 16.5 Å². The highest BCUT2D eigenvalue weighted by Gasteiger charge is 2.28. The number of aliphatic carboxylic acids is 1. The van der Waals surface area contributed by atoms with Gasteiger partial charge in [-0.05, 0) is 35.0 Å². The topological polar surface area (TPSA) is 87.2 Å². The van der Waals surface area contributed by atoms with Crippen LogP contribution in [-0.2, 0) is 14.8 Å². The van der Waals surface area contributed by atoms with E-state index >= 15 is 0 Å². The van der Waals surface area contributed by atoms with Crippen LogP contribution in [0.25, 0.3) is 10.8 Å². The van der Waals surface area contributed by atoms with Gasteiger partial charge in [0.2, 0.25) is 10.0 Å². The van der Waals surface area contributed by atoms with Crippen molar-refractivity contribution in [3.63, 3.8) is 0 Å². The largest absolute Gasteiger partial charge is 0.482 e. The summed E-state index contributed by atoms with van der Waals surface area (Å²) in [4.78, 5) is 13.1. The number of sulfonamides is 1. The van der Waals surface area contributed by atoms with E-state index in [1.165, 1.54) is 4.31 Å². The number of rotatable bonds is 6. The summed E-state index contributed by atoms with van der Waals surface area (Å²) in [6.07, 6.45) is 0. The number of carboxylic acids is 1. The molecule has 8 heteroatoms. The average Bonchev–Trinajstić information content (AvgIpc) is 2.77. The van der Waals surface area contributed by atoms with Crippen molar-refractivity contribution in [1.82, 2.24) is 4.31 Å². The van der Waals surface area contributed by atoms with Gasteiger partial charge < -0.3 is 14.7 Å². The molecule has 0 amide bonds. The van der Waals surface area contributed by atoms with Crippen LogP contribution < -0.4 is 9.64 Å². The van der Waals surface area contributed by atoms with Crippen molar-refractivity contribution in [3.8, 4) is 5.75 Å². The van der Waals surface area contributed by atoms with Gasteiger partial charge in [-0.1, -0.05) is 36.4 Å². The number of hydrogen-bond donors (Lipinski definition) is 1. The number of fused-ring (bicyclic) bond motifs is 1. The van der Waals surface area contributed by atoms with Crippen LogP contribution >= 0.6 is 0 Å². The smallest absolute Gasteiger partial charge is 0.341 e. The lowest BCUT2D eigenvalue weighted by atomic mass is 10.1. The first-order valence-corrected chi connectivity index (χ1v) is 11.1. The molecule has 3 aromatic rings. The van der Waals surface area contributed by atoms with Gasteiger partial charge in [0.25, 0.3) is 0 Å². The second kappa shape index (κ2) is 8.33. The Labute approximate surface area is 175 Å². The summed E-state index contributed by atoms with van der Waals surface area (Å²) in [6, 6.07) is 20.1. The molecule has 0 bridgehead atoms. The maximum atomic E-state index is 13.1. The summed E-state index contributed by atoms with van der Waals surface area (Å²) < 4.78 is 33.0. The number of piperazine rings is 1. The van der Waals surface area contributed by atoms with E-state index in [4.69, 9.17) is 9.84 Å². The van der Waals surface area contributed by atoms with E-state index in [9.17, 15) is 13.2 Å². The third-order valence-corrected chi connectivity index (χ3v) is 7.04. The first-order chi connectivity index (χ1) is 14.4. The van der Waals surface area contributed by atoms with Gasteiger partial charge in [0.1, 0.15) is 5.75 Å². The zero-order valence-electron chi connectivity index (χ0n) is 16.3. The number of nitrogens with zero attached hydrogens (tertiary/aromatic N) is 2. The minimum absolute atomic E-state index is 0.304. The molecule has 0 atom stereocenters. The first kappa shape index (κ1) is 20.2. The maximum Gasteiger partial charge on any atom is 0.341 e. The molecule has 1 aliphatic heterocycles. The number of benzene rings is 3. The van der Waals surface area contributed by atoms with Gasteiger partial charge in [-0.25, -0.2) is 13.2 Å². The lowest BCUT2D eigenvalue weighted by Gasteiger charge is -2.35. The summed E-state index contributed by atoms with van der Waals surface area (Å²) in [5.74, 6) is -0.561. The van der Waals surface area contributed by atoms with Crippen molar-refractivity contribution in [3.05, 3.63) is 66.7 Å². The molecule has 3 aromatic carbocycles. The van der Waals surface area contributed by atoms with E-state index in [-0.39, 0.29) is 0 Å². The molecule has 4 rings (SSSR count). The highest BCUT2D eigenvalue weighted by molar-refractivity contribution is 7.89. The highest BCUT2D eigenvalue weighted by atomic mass is 32.2.